The van der Waals surface area contributed by atoms with Gasteiger partial charge in [-0.3, -0.25) is 5.32 Å². The Bertz CT molecular complexity index is 389. The number of ether oxygens (including phenoxy) is 1. The molecule has 1 unspecified atom stereocenters. The Morgan fingerprint density at radius 1 is 1.59 bits per heavy atom. The second-order valence-corrected chi connectivity index (χ2v) is 5.69. The van der Waals surface area contributed by atoms with Crippen LogP contribution in [-0.2, 0) is 10.2 Å². The molecule has 1 aromatic rings. The molecular formula is C12H19N3OS. The van der Waals surface area contributed by atoms with Gasteiger partial charge in [0.2, 0.25) is 0 Å². The van der Waals surface area contributed by atoms with Crippen LogP contribution in [0.3, 0.4) is 0 Å². The fourth-order valence-corrected chi connectivity index (χ4v) is 2.22. The zero-order chi connectivity index (χ0) is 12.9. The molecule has 17 heavy (non-hydrogen) atoms. The monoisotopic (exact) mass is 253 g/mol. The van der Waals surface area contributed by atoms with E-state index in [-0.39, 0.29) is 11.5 Å². The normalized spacial score (nSPS) is 13.4. The number of hydrogen-bond donors (Lipinski definition) is 1. The highest BCUT2D eigenvalue weighted by Gasteiger charge is 2.21. The Balaban J connectivity index is 2.70. The summed E-state index contributed by atoms with van der Waals surface area (Å²) in [5.41, 5.74) is 0.841. The number of nitriles is 1. The summed E-state index contributed by atoms with van der Waals surface area (Å²) < 4.78 is 4.94. The number of rotatable bonds is 5. The lowest BCUT2D eigenvalue weighted by molar-refractivity contribution is 0.197. The summed E-state index contributed by atoms with van der Waals surface area (Å²) in [7, 11) is 1.64. The number of nitrogens with one attached hydrogen (secondary N) is 1. The van der Waals surface area contributed by atoms with Gasteiger partial charge in [0.25, 0.3) is 0 Å². The van der Waals surface area contributed by atoms with E-state index in [4.69, 9.17) is 10.00 Å². The van der Waals surface area contributed by atoms with Gasteiger partial charge < -0.3 is 4.74 Å². The van der Waals surface area contributed by atoms with Gasteiger partial charge >= 0.3 is 0 Å². The lowest BCUT2D eigenvalue weighted by Crippen LogP contribution is -2.24. The van der Waals surface area contributed by atoms with Crippen LogP contribution >= 0.6 is 11.3 Å². The average molecular weight is 253 g/mol. The van der Waals surface area contributed by atoms with Crippen LogP contribution in [0.1, 0.15) is 37.5 Å². The van der Waals surface area contributed by atoms with Gasteiger partial charge in [0.15, 0.2) is 0 Å². The molecule has 0 saturated carbocycles. The zero-order valence-corrected chi connectivity index (χ0v) is 11.6. The fraction of sp³-hybridized carbons (Fsp3) is 0.667. The Morgan fingerprint density at radius 2 is 2.29 bits per heavy atom. The summed E-state index contributed by atoms with van der Waals surface area (Å²) in [4.78, 5) is 4.52. The van der Waals surface area contributed by atoms with Gasteiger partial charge in [-0.2, -0.15) is 5.26 Å². The van der Waals surface area contributed by atoms with Crippen molar-refractivity contribution in [3.05, 3.63) is 16.1 Å². The van der Waals surface area contributed by atoms with Gasteiger partial charge in [-0.15, -0.1) is 11.3 Å². The summed E-state index contributed by atoms with van der Waals surface area (Å²) in [5.74, 6) is 0. The van der Waals surface area contributed by atoms with E-state index in [1.54, 1.807) is 18.4 Å². The SMILES string of the molecule is COCCNC(C#N)c1csc(C(C)(C)C)n1. The highest BCUT2D eigenvalue weighted by atomic mass is 32.1. The lowest BCUT2D eigenvalue weighted by atomic mass is 9.98. The molecule has 1 aromatic heterocycles. The highest BCUT2D eigenvalue weighted by Crippen LogP contribution is 2.27. The minimum Gasteiger partial charge on any atom is -0.383 e. The molecule has 1 N–H and O–H groups in total. The van der Waals surface area contributed by atoms with E-state index >= 15 is 0 Å². The van der Waals surface area contributed by atoms with Crippen LogP contribution in [0, 0.1) is 11.3 Å². The Kier molecular flexibility index (Phi) is 5.06. The molecule has 1 rings (SSSR count). The number of nitrogens with zero attached hydrogens (tertiary/aromatic N) is 2. The molecule has 0 aromatic carbocycles. The van der Waals surface area contributed by atoms with Crippen molar-refractivity contribution in [2.45, 2.75) is 32.2 Å². The first-order valence-corrected chi connectivity index (χ1v) is 6.45. The van der Waals surface area contributed by atoms with Gasteiger partial charge in [0.05, 0.1) is 23.4 Å². The standard InChI is InChI=1S/C12H19N3OS/c1-12(2,3)11-15-10(8-17-11)9(7-13)14-5-6-16-4/h8-9,14H,5-6H2,1-4H3. The third-order valence-corrected chi connectivity index (χ3v) is 3.53. The predicted octanol–water partition coefficient (Wildman–Crippen LogP) is 2.24. The van der Waals surface area contributed by atoms with E-state index in [2.05, 4.69) is 37.1 Å². The number of thiazole rings is 1. The maximum Gasteiger partial charge on any atom is 0.139 e. The molecular weight excluding hydrogens is 234 g/mol. The molecule has 1 heterocycles. The van der Waals surface area contributed by atoms with Gasteiger partial charge in [0.1, 0.15) is 6.04 Å². The molecule has 0 amide bonds. The number of hydrogen-bond acceptors (Lipinski definition) is 5. The number of aromatic nitrogens is 1. The second-order valence-electron chi connectivity index (χ2n) is 4.84. The zero-order valence-electron chi connectivity index (χ0n) is 10.8. The predicted molar refractivity (Wildman–Crippen MR) is 69.0 cm³/mol. The van der Waals surface area contributed by atoms with Crippen LogP contribution in [-0.4, -0.2) is 25.2 Å². The van der Waals surface area contributed by atoms with Gasteiger partial charge in [-0.05, 0) is 0 Å². The minimum atomic E-state index is -0.350. The molecule has 94 valence electrons. The van der Waals surface area contributed by atoms with Crippen LogP contribution in [0.2, 0.25) is 0 Å². The smallest absolute Gasteiger partial charge is 0.139 e. The molecule has 0 aliphatic heterocycles. The summed E-state index contributed by atoms with van der Waals surface area (Å²) in [6, 6.07) is 1.87. The molecule has 0 bridgehead atoms. The topological polar surface area (TPSA) is 57.9 Å². The minimum absolute atomic E-state index is 0.0372. The number of methoxy groups -OCH3 is 1. The van der Waals surface area contributed by atoms with Crippen molar-refractivity contribution in [3.8, 4) is 6.07 Å². The molecule has 0 aliphatic carbocycles. The van der Waals surface area contributed by atoms with Gasteiger partial charge in [0, 0.05) is 24.4 Å². The van der Waals surface area contributed by atoms with E-state index in [1.165, 1.54) is 0 Å². The van der Waals surface area contributed by atoms with Crippen LogP contribution in [0.15, 0.2) is 5.38 Å². The Hall–Kier alpha value is -0.960. The van der Waals surface area contributed by atoms with Crippen molar-refractivity contribution in [2.24, 2.45) is 0 Å². The first kappa shape index (κ1) is 14.1. The lowest BCUT2D eigenvalue weighted by Gasteiger charge is -2.14. The summed E-state index contributed by atoms with van der Waals surface area (Å²) >= 11 is 1.61. The van der Waals surface area contributed by atoms with E-state index in [0.717, 1.165) is 10.7 Å². The molecule has 5 heteroatoms. The van der Waals surface area contributed by atoms with E-state index in [1.807, 2.05) is 5.38 Å². The highest BCUT2D eigenvalue weighted by molar-refractivity contribution is 7.09. The largest absolute Gasteiger partial charge is 0.383 e. The fourth-order valence-electron chi connectivity index (χ4n) is 1.28. The van der Waals surface area contributed by atoms with Gasteiger partial charge in [-0.1, -0.05) is 20.8 Å². The first-order chi connectivity index (χ1) is 7.99. The molecule has 0 saturated heterocycles. The van der Waals surface area contributed by atoms with Crippen LogP contribution in [0.25, 0.3) is 0 Å². The molecule has 4 nitrogen and oxygen atoms in total. The summed E-state index contributed by atoms with van der Waals surface area (Å²) in [5, 5.41) is 15.2. The van der Waals surface area contributed by atoms with Crippen molar-refractivity contribution in [1.82, 2.24) is 10.3 Å². The third kappa shape index (κ3) is 4.08. The molecule has 0 fully saturated rings. The van der Waals surface area contributed by atoms with Crippen molar-refractivity contribution >= 4 is 11.3 Å². The van der Waals surface area contributed by atoms with E-state index in [9.17, 15) is 0 Å². The van der Waals surface area contributed by atoms with Crippen molar-refractivity contribution < 1.29 is 4.74 Å². The molecule has 0 spiro atoms. The third-order valence-electron chi connectivity index (χ3n) is 2.24. The molecule has 1 atom stereocenters. The van der Waals surface area contributed by atoms with Crippen molar-refractivity contribution in [2.75, 3.05) is 20.3 Å². The van der Waals surface area contributed by atoms with Gasteiger partial charge in [-0.25, -0.2) is 4.98 Å². The van der Waals surface area contributed by atoms with E-state index < -0.39 is 0 Å². The van der Waals surface area contributed by atoms with E-state index in [0.29, 0.717) is 13.2 Å². The Labute approximate surface area is 107 Å². The molecule has 0 aliphatic rings. The second kappa shape index (κ2) is 6.10. The van der Waals surface area contributed by atoms with Crippen LogP contribution in [0.4, 0.5) is 0 Å². The maximum atomic E-state index is 9.10. The average Bonchev–Trinajstić information content (AvgIpc) is 2.73. The van der Waals surface area contributed by atoms with Crippen LogP contribution < -0.4 is 5.32 Å². The maximum absolute atomic E-state index is 9.10. The first-order valence-electron chi connectivity index (χ1n) is 5.57. The summed E-state index contributed by atoms with van der Waals surface area (Å²) in [6.07, 6.45) is 0. The quantitative estimate of drug-likeness (QED) is 0.818. The van der Waals surface area contributed by atoms with Crippen molar-refractivity contribution in [3.63, 3.8) is 0 Å². The summed E-state index contributed by atoms with van der Waals surface area (Å²) in [6.45, 7) is 7.60. The van der Waals surface area contributed by atoms with Crippen LogP contribution in [0.5, 0.6) is 0 Å². The van der Waals surface area contributed by atoms with Crippen molar-refractivity contribution in [1.29, 1.82) is 5.26 Å². The Morgan fingerprint density at radius 3 is 2.76 bits per heavy atom. The molecule has 0 radical (unpaired) electrons.